The molecule has 3 amide bonds. The van der Waals surface area contributed by atoms with Gasteiger partial charge in [0.15, 0.2) is 0 Å². The molecule has 1 atom stereocenters. The van der Waals surface area contributed by atoms with Gasteiger partial charge in [-0.25, -0.2) is 0 Å². The fourth-order valence-electron chi connectivity index (χ4n) is 3.49. The van der Waals surface area contributed by atoms with E-state index in [4.69, 9.17) is 4.74 Å². The molecular weight excluding hydrogens is 394 g/mol. The van der Waals surface area contributed by atoms with E-state index in [1.54, 1.807) is 41.3 Å². The molecule has 0 spiro atoms. The van der Waals surface area contributed by atoms with Crippen molar-refractivity contribution in [3.8, 4) is 5.75 Å². The Kier molecular flexibility index (Phi) is 7.28. The number of ether oxygens (including phenoxy) is 1. The summed E-state index contributed by atoms with van der Waals surface area (Å²) < 4.78 is 5.39. The van der Waals surface area contributed by atoms with E-state index in [1.165, 1.54) is 0 Å². The Morgan fingerprint density at radius 2 is 1.74 bits per heavy atom. The molecule has 0 aromatic heterocycles. The van der Waals surface area contributed by atoms with Gasteiger partial charge < -0.3 is 20.3 Å². The molecule has 1 unspecified atom stereocenters. The molecular formula is C24H29N3O4. The van der Waals surface area contributed by atoms with Gasteiger partial charge in [0.05, 0.1) is 6.61 Å². The highest BCUT2D eigenvalue weighted by Crippen LogP contribution is 2.23. The summed E-state index contributed by atoms with van der Waals surface area (Å²) in [5.74, 6) is 0.0946. The first-order valence-electron chi connectivity index (χ1n) is 10.6. The molecule has 31 heavy (non-hydrogen) atoms. The zero-order chi connectivity index (χ0) is 22.4. The van der Waals surface area contributed by atoms with Gasteiger partial charge >= 0.3 is 0 Å². The molecule has 1 heterocycles. The predicted molar refractivity (Wildman–Crippen MR) is 120 cm³/mol. The molecule has 7 heteroatoms. The number of anilines is 2. The molecule has 1 fully saturated rings. The van der Waals surface area contributed by atoms with Crippen LogP contribution < -0.4 is 20.3 Å². The molecule has 0 bridgehead atoms. The van der Waals surface area contributed by atoms with Crippen LogP contribution in [0.5, 0.6) is 5.75 Å². The molecule has 164 valence electrons. The third-order valence-electron chi connectivity index (χ3n) is 5.18. The van der Waals surface area contributed by atoms with E-state index in [0.717, 1.165) is 18.7 Å². The molecule has 0 aliphatic carbocycles. The highest BCUT2D eigenvalue weighted by Gasteiger charge is 2.25. The van der Waals surface area contributed by atoms with Crippen molar-refractivity contribution in [3.05, 3.63) is 54.1 Å². The third kappa shape index (κ3) is 5.63. The van der Waals surface area contributed by atoms with Crippen molar-refractivity contribution in [2.45, 2.75) is 39.7 Å². The number of nitrogens with zero attached hydrogens (tertiary/aromatic N) is 1. The molecule has 0 radical (unpaired) electrons. The van der Waals surface area contributed by atoms with Crippen LogP contribution in [0.3, 0.4) is 0 Å². The van der Waals surface area contributed by atoms with Crippen LogP contribution in [0, 0.1) is 5.92 Å². The summed E-state index contributed by atoms with van der Waals surface area (Å²) >= 11 is 0. The Balaban J connectivity index is 1.63. The van der Waals surface area contributed by atoms with Crippen LogP contribution >= 0.6 is 0 Å². The zero-order valence-electron chi connectivity index (χ0n) is 18.2. The van der Waals surface area contributed by atoms with Gasteiger partial charge in [-0.05, 0) is 67.8 Å². The number of carbonyl (C=O) groups excluding carboxylic acids is 3. The maximum atomic E-state index is 12.8. The van der Waals surface area contributed by atoms with E-state index < -0.39 is 6.04 Å². The molecule has 0 saturated carbocycles. The van der Waals surface area contributed by atoms with Gasteiger partial charge in [-0.15, -0.1) is 0 Å². The molecule has 7 nitrogen and oxygen atoms in total. The Morgan fingerprint density at radius 1 is 1.06 bits per heavy atom. The minimum absolute atomic E-state index is 0.104. The van der Waals surface area contributed by atoms with Crippen molar-refractivity contribution in [1.29, 1.82) is 0 Å². The molecule has 2 aromatic rings. The summed E-state index contributed by atoms with van der Waals surface area (Å²) in [6.45, 7) is 6.93. The number of hydrogen-bond acceptors (Lipinski definition) is 4. The number of rotatable bonds is 8. The Hall–Kier alpha value is -3.35. The van der Waals surface area contributed by atoms with Crippen molar-refractivity contribution < 1.29 is 19.1 Å². The summed E-state index contributed by atoms with van der Waals surface area (Å²) in [4.78, 5) is 39.1. The topological polar surface area (TPSA) is 87.7 Å². The lowest BCUT2D eigenvalue weighted by Crippen LogP contribution is -2.47. The molecule has 2 aromatic carbocycles. The first-order chi connectivity index (χ1) is 14.9. The minimum Gasteiger partial charge on any atom is -0.494 e. The van der Waals surface area contributed by atoms with Gasteiger partial charge in [0.25, 0.3) is 5.91 Å². The first kappa shape index (κ1) is 22.3. The molecule has 1 aliphatic heterocycles. The summed E-state index contributed by atoms with van der Waals surface area (Å²) in [6.07, 6.45) is 1.43. The third-order valence-corrected chi connectivity index (χ3v) is 5.18. The number of hydrogen-bond donors (Lipinski definition) is 2. The van der Waals surface area contributed by atoms with E-state index in [1.807, 2.05) is 32.9 Å². The van der Waals surface area contributed by atoms with Crippen LogP contribution in [0.15, 0.2) is 48.5 Å². The number of carbonyl (C=O) groups is 3. The average Bonchev–Trinajstić information content (AvgIpc) is 3.18. The van der Waals surface area contributed by atoms with E-state index in [2.05, 4.69) is 10.6 Å². The normalized spacial score (nSPS) is 14.5. The largest absolute Gasteiger partial charge is 0.494 e. The van der Waals surface area contributed by atoms with Gasteiger partial charge in [-0.3, -0.25) is 14.4 Å². The predicted octanol–water partition coefficient (Wildman–Crippen LogP) is 3.61. The van der Waals surface area contributed by atoms with Gasteiger partial charge in [0.2, 0.25) is 11.8 Å². The second-order valence-corrected chi connectivity index (χ2v) is 7.84. The summed E-state index contributed by atoms with van der Waals surface area (Å²) in [5, 5.41) is 5.68. The zero-order valence-corrected chi connectivity index (χ0v) is 18.2. The van der Waals surface area contributed by atoms with Gasteiger partial charge in [0, 0.05) is 29.9 Å². The second-order valence-electron chi connectivity index (χ2n) is 7.84. The standard InChI is InChI=1S/C24H29N3O4/c1-4-31-20-13-7-17(8-14-20)23(29)26-22(16(2)3)24(30)25-18-9-11-19(12-10-18)27-15-5-6-21(27)28/h7-14,16,22H,4-6,15H2,1-3H3,(H,25,30)(H,26,29). The van der Waals surface area contributed by atoms with Crippen LogP contribution in [0.2, 0.25) is 0 Å². The fraction of sp³-hybridized carbons (Fsp3) is 0.375. The maximum absolute atomic E-state index is 12.8. The summed E-state index contributed by atoms with van der Waals surface area (Å²) in [6, 6.07) is 13.3. The van der Waals surface area contributed by atoms with Gasteiger partial charge in [0.1, 0.15) is 11.8 Å². The smallest absolute Gasteiger partial charge is 0.251 e. The van der Waals surface area contributed by atoms with E-state index in [9.17, 15) is 14.4 Å². The first-order valence-corrected chi connectivity index (χ1v) is 10.6. The minimum atomic E-state index is -0.695. The monoisotopic (exact) mass is 423 g/mol. The van der Waals surface area contributed by atoms with Crippen LogP contribution in [0.1, 0.15) is 44.0 Å². The van der Waals surface area contributed by atoms with Crippen molar-refractivity contribution >= 4 is 29.1 Å². The molecule has 1 saturated heterocycles. The van der Waals surface area contributed by atoms with Crippen molar-refractivity contribution in [2.75, 3.05) is 23.4 Å². The van der Waals surface area contributed by atoms with Gasteiger partial charge in [-0.1, -0.05) is 13.8 Å². The van der Waals surface area contributed by atoms with Crippen molar-refractivity contribution in [1.82, 2.24) is 5.32 Å². The van der Waals surface area contributed by atoms with Crippen molar-refractivity contribution in [2.24, 2.45) is 5.92 Å². The van der Waals surface area contributed by atoms with E-state index >= 15 is 0 Å². The number of benzene rings is 2. The van der Waals surface area contributed by atoms with Crippen LogP contribution in [0.4, 0.5) is 11.4 Å². The summed E-state index contributed by atoms with van der Waals surface area (Å²) in [7, 11) is 0. The van der Waals surface area contributed by atoms with Crippen LogP contribution in [-0.4, -0.2) is 36.9 Å². The van der Waals surface area contributed by atoms with Gasteiger partial charge in [-0.2, -0.15) is 0 Å². The van der Waals surface area contributed by atoms with E-state index in [-0.39, 0.29) is 23.6 Å². The summed E-state index contributed by atoms with van der Waals surface area (Å²) in [5.41, 5.74) is 1.90. The fourth-order valence-corrected chi connectivity index (χ4v) is 3.49. The van der Waals surface area contributed by atoms with Crippen molar-refractivity contribution in [3.63, 3.8) is 0 Å². The average molecular weight is 424 g/mol. The van der Waals surface area contributed by atoms with Crippen LogP contribution in [0.25, 0.3) is 0 Å². The highest BCUT2D eigenvalue weighted by atomic mass is 16.5. The lowest BCUT2D eigenvalue weighted by Gasteiger charge is -2.22. The number of nitrogens with one attached hydrogen (secondary N) is 2. The molecule has 1 aliphatic rings. The number of amides is 3. The Morgan fingerprint density at radius 3 is 2.29 bits per heavy atom. The van der Waals surface area contributed by atoms with E-state index in [0.29, 0.717) is 30.0 Å². The molecule has 3 rings (SSSR count). The highest BCUT2D eigenvalue weighted by molar-refractivity contribution is 6.01. The quantitative estimate of drug-likeness (QED) is 0.679. The molecule has 2 N–H and O–H groups in total. The lowest BCUT2D eigenvalue weighted by molar-refractivity contribution is -0.119. The SMILES string of the molecule is CCOc1ccc(C(=O)NC(C(=O)Nc2ccc(N3CCCC3=O)cc2)C(C)C)cc1. The lowest BCUT2D eigenvalue weighted by atomic mass is 10.0. The maximum Gasteiger partial charge on any atom is 0.251 e. The van der Waals surface area contributed by atoms with Crippen LogP contribution in [-0.2, 0) is 9.59 Å². The Bertz CT molecular complexity index is 923. The Labute approximate surface area is 182 Å². The second kappa shape index (κ2) is 10.1.